The summed E-state index contributed by atoms with van der Waals surface area (Å²) in [7, 11) is 0. The van der Waals surface area contributed by atoms with Crippen LogP contribution >= 0.6 is 34.2 Å². The normalized spacial score (nSPS) is 11.3. The molecule has 0 aliphatic carbocycles. The van der Waals surface area contributed by atoms with Gasteiger partial charge in [-0.15, -0.1) is 0 Å². The van der Waals surface area contributed by atoms with E-state index in [1.165, 1.54) is 12.1 Å². The molecule has 0 saturated carbocycles. The van der Waals surface area contributed by atoms with Gasteiger partial charge < -0.3 is 5.32 Å². The Balaban J connectivity index is 2.34. The number of amides is 1. The largest absolute Gasteiger partial charge is 0.418 e. The van der Waals surface area contributed by atoms with E-state index in [-0.39, 0.29) is 16.3 Å². The lowest BCUT2D eigenvalue weighted by Crippen LogP contribution is -2.16. The molecule has 0 radical (unpaired) electrons. The molecule has 0 atom stereocenters. The number of rotatable bonds is 2. The second kappa shape index (κ2) is 6.23. The second-order valence-corrected chi connectivity index (χ2v) is 5.83. The van der Waals surface area contributed by atoms with Crippen molar-refractivity contribution in [3.05, 3.63) is 62.2 Å². The summed E-state index contributed by atoms with van der Waals surface area (Å²) < 4.78 is 39.6. The quantitative estimate of drug-likeness (QED) is 0.657. The Bertz CT molecular complexity index is 688. The molecule has 7 heteroatoms. The summed E-state index contributed by atoms with van der Waals surface area (Å²) in [6.07, 6.45) is -4.60. The van der Waals surface area contributed by atoms with Gasteiger partial charge in [-0.25, -0.2) is 0 Å². The first-order valence-electron chi connectivity index (χ1n) is 5.71. The molecule has 1 amide bonds. The molecule has 0 fully saturated rings. The van der Waals surface area contributed by atoms with Gasteiger partial charge in [-0.3, -0.25) is 4.79 Å². The molecule has 0 aromatic heterocycles. The number of hydrogen-bond acceptors (Lipinski definition) is 1. The number of carbonyl (C=O) groups is 1. The Morgan fingerprint density at radius 3 is 2.48 bits per heavy atom. The Morgan fingerprint density at radius 2 is 1.86 bits per heavy atom. The molecule has 0 aliphatic rings. The number of halogens is 5. The molecule has 0 spiro atoms. The van der Waals surface area contributed by atoms with Crippen LogP contribution in [0.5, 0.6) is 0 Å². The van der Waals surface area contributed by atoms with E-state index in [0.717, 1.165) is 15.7 Å². The number of anilines is 1. The number of benzene rings is 2. The van der Waals surface area contributed by atoms with Crippen LogP contribution in [0.15, 0.2) is 42.5 Å². The average Bonchev–Trinajstić information content (AvgIpc) is 2.39. The first-order chi connectivity index (χ1) is 9.77. The molecule has 21 heavy (non-hydrogen) atoms. The van der Waals surface area contributed by atoms with Gasteiger partial charge in [0.1, 0.15) is 0 Å². The SMILES string of the molecule is O=C(Nc1ccc(Cl)cc1C(F)(F)F)c1cccc(I)c1. The fraction of sp³-hybridized carbons (Fsp3) is 0.0714. The van der Waals surface area contributed by atoms with Crippen molar-refractivity contribution in [1.82, 2.24) is 0 Å². The molecule has 2 aromatic carbocycles. The maximum Gasteiger partial charge on any atom is 0.418 e. The maximum atomic E-state index is 12.9. The molecule has 0 bridgehead atoms. The summed E-state index contributed by atoms with van der Waals surface area (Å²) in [5.41, 5.74) is -1.02. The predicted octanol–water partition coefficient (Wildman–Crippen LogP) is 5.22. The summed E-state index contributed by atoms with van der Waals surface area (Å²) >= 11 is 7.60. The topological polar surface area (TPSA) is 29.1 Å². The summed E-state index contributed by atoms with van der Waals surface area (Å²) in [6.45, 7) is 0. The third kappa shape index (κ3) is 4.10. The fourth-order valence-electron chi connectivity index (χ4n) is 1.68. The molecule has 1 N–H and O–H groups in total. The molecule has 2 rings (SSSR count). The van der Waals surface area contributed by atoms with Crippen molar-refractivity contribution in [2.75, 3.05) is 5.32 Å². The lowest BCUT2D eigenvalue weighted by atomic mass is 10.1. The van der Waals surface area contributed by atoms with Gasteiger partial charge in [-0.2, -0.15) is 13.2 Å². The van der Waals surface area contributed by atoms with Crippen LogP contribution in [0.25, 0.3) is 0 Å². The van der Waals surface area contributed by atoms with Crippen LogP contribution in [-0.4, -0.2) is 5.91 Å². The van der Waals surface area contributed by atoms with Crippen molar-refractivity contribution in [3.63, 3.8) is 0 Å². The highest BCUT2D eigenvalue weighted by molar-refractivity contribution is 14.1. The lowest BCUT2D eigenvalue weighted by molar-refractivity contribution is -0.136. The van der Waals surface area contributed by atoms with Gasteiger partial charge in [0.05, 0.1) is 11.3 Å². The third-order valence-electron chi connectivity index (χ3n) is 2.62. The van der Waals surface area contributed by atoms with Gasteiger partial charge >= 0.3 is 6.18 Å². The van der Waals surface area contributed by atoms with Crippen LogP contribution in [0.4, 0.5) is 18.9 Å². The summed E-state index contributed by atoms with van der Waals surface area (Å²) in [5.74, 6) is -0.610. The van der Waals surface area contributed by atoms with E-state index < -0.39 is 17.6 Å². The number of hydrogen-bond donors (Lipinski definition) is 1. The van der Waals surface area contributed by atoms with Crippen LogP contribution in [-0.2, 0) is 6.18 Å². The van der Waals surface area contributed by atoms with Gasteiger partial charge in [-0.05, 0) is 59.0 Å². The average molecular weight is 426 g/mol. The lowest BCUT2D eigenvalue weighted by Gasteiger charge is -2.14. The van der Waals surface area contributed by atoms with Crippen LogP contribution in [0.1, 0.15) is 15.9 Å². The molecule has 110 valence electrons. The molecule has 0 aliphatic heterocycles. The smallest absolute Gasteiger partial charge is 0.321 e. The van der Waals surface area contributed by atoms with Gasteiger partial charge in [0.2, 0.25) is 0 Å². The van der Waals surface area contributed by atoms with Gasteiger partial charge in [0.25, 0.3) is 5.91 Å². The molecule has 2 nitrogen and oxygen atoms in total. The van der Waals surface area contributed by atoms with Gasteiger partial charge in [-0.1, -0.05) is 17.7 Å². The van der Waals surface area contributed by atoms with E-state index in [4.69, 9.17) is 11.6 Å². The van der Waals surface area contributed by atoms with Crippen LogP contribution in [0.3, 0.4) is 0 Å². The highest BCUT2D eigenvalue weighted by atomic mass is 127. The summed E-state index contributed by atoms with van der Waals surface area (Å²) in [6, 6.07) is 9.76. The van der Waals surface area contributed by atoms with Crippen LogP contribution in [0, 0.1) is 3.57 Å². The minimum absolute atomic E-state index is 0.0467. The first-order valence-corrected chi connectivity index (χ1v) is 7.17. The van der Waals surface area contributed by atoms with Crippen molar-refractivity contribution >= 4 is 45.8 Å². The van der Waals surface area contributed by atoms with E-state index >= 15 is 0 Å². The van der Waals surface area contributed by atoms with Crippen molar-refractivity contribution in [2.45, 2.75) is 6.18 Å². The predicted molar refractivity (Wildman–Crippen MR) is 83.6 cm³/mol. The first kappa shape index (κ1) is 16.1. The Labute approximate surface area is 137 Å². The Hall–Kier alpha value is -1.28. The fourth-order valence-corrected chi connectivity index (χ4v) is 2.40. The summed E-state index contributed by atoms with van der Waals surface area (Å²) in [5, 5.41) is 2.22. The zero-order valence-corrected chi connectivity index (χ0v) is 13.3. The van der Waals surface area contributed by atoms with Gasteiger partial charge in [0, 0.05) is 14.2 Å². The standard InChI is InChI=1S/C14H8ClF3INO/c15-9-4-5-12(11(7-9)14(16,17)18)20-13(21)8-2-1-3-10(19)6-8/h1-7H,(H,20,21). The Kier molecular flexibility index (Phi) is 4.77. The highest BCUT2D eigenvalue weighted by Crippen LogP contribution is 2.36. The molecular weight excluding hydrogens is 418 g/mol. The van der Waals surface area contributed by atoms with Crippen molar-refractivity contribution in [2.24, 2.45) is 0 Å². The number of carbonyl (C=O) groups excluding carboxylic acids is 1. The molecule has 2 aromatic rings. The van der Waals surface area contributed by atoms with Crippen LogP contribution < -0.4 is 5.32 Å². The third-order valence-corrected chi connectivity index (χ3v) is 3.53. The van der Waals surface area contributed by atoms with E-state index in [1.54, 1.807) is 18.2 Å². The maximum absolute atomic E-state index is 12.9. The van der Waals surface area contributed by atoms with Crippen molar-refractivity contribution in [3.8, 4) is 0 Å². The van der Waals surface area contributed by atoms with E-state index in [9.17, 15) is 18.0 Å². The second-order valence-electron chi connectivity index (χ2n) is 4.15. The molecular formula is C14H8ClF3INO. The van der Waals surface area contributed by atoms with Crippen molar-refractivity contribution in [1.29, 1.82) is 0 Å². The number of alkyl halides is 3. The minimum atomic E-state index is -4.60. The number of nitrogens with one attached hydrogen (secondary N) is 1. The molecule has 0 unspecified atom stereocenters. The van der Waals surface area contributed by atoms with E-state index in [0.29, 0.717) is 0 Å². The minimum Gasteiger partial charge on any atom is -0.321 e. The Morgan fingerprint density at radius 1 is 1.14 bits per heavy atom. The zero-order chi connectivity index (χ0) is 15.6. The van der Waals surface area contributed by atoms with Gasteiger partial charge in [0.15, 0.2) is 0 Å². The molecule has 0 saturated heterocycles. The van der Waals surface area contributed by atoms with E-state index in [1.807, 2.05) is 22.6 Å². The van der Waals surface area contributed by atoms with Crippen molar-refractivity contribution < 1.29 is 18.0 Å². The summed E-state index contributed by atoms with van der Waals surface area (Å²) in [4.78, 5) is 12.0. The van der Waals surface area contributed by atoms with E-state index in [2.05, 4.69) is 5.32 Å². The molecule has 0 heterocycles. The van der Waals surface area contributed by atoms with Crippen LogP contribution in [0.2, 0.25) is 5.02 Å². The highest BCUT2D eigenvalue weighted by Gasteiger charge is 2.34. The monoisotopic (exact) mass is 425 g/mol. The zero-order valence-electron chi connectivity index (χ0n) is 10.3.